The van der Waals surface area contributed by atoms with Gasteiger partial charge < -0.3 is 14.4 Å². The van der Waals surface area contributed by atoms with Crippen LogP contribution in [0.2, 0.25) is 0 Å². The Morgan fingerprint density at radius 1 is 0.292 bits per heavy atom. The first-order chi connectivity index (χ1) is 32.2. The summed E-state index contributed by atoms with van der Waals surface area (Å²) in [6, 6.07) is 86.3. The molecular formula is C60H39N3S2. The van der Waals surface area contributed by atoms with Gasteiger partial charge in [-0.1, -0.05) is 133 Å². The van der Waals surface area contributed by atoms with Gasteiger partial charge in [-0.3, -0.25) is 0 Å². The molecule has 3 aromatic heterocycles. The molecule has 0 fully saturated rings. The lowest BCUT2D eigenvalue weighted by atomic mass is 10.0. The van der Waals surface area contributed by atoms with Gasteiger partial charge in [0.15, 0.2) is 0 Å². The summed E-state index contributed by atoms with van der Waals surface area (Å²) in [4.78, 5) is 4.81. The molecule has 0 radical (unpaired) electrons. The Hall–Kier alpha value is -7.96. The van der Waals surface area contributed by atoms with E-state index in [1.54, 1.807) is 0 Å². The normalized spacial score (nSPS) is 11.7. The second-order valence-electron chi connectivity index (χ2n) is 16.5. The number of hydrogen-bond donors (Lipinski definition) is 0. The van der Waals surface area contributed by atoms with Crippen molar-refractivity contribution < 1.29 is 0 Å². The van der Waals surface area contributed by atoms with Crippen LogP contribution >= 0.6 is 22.7 Å². The molecule has 0 unspecified atom stereocenters. The predicted molar refractivity (Wildman–Crippen MR) is 281 cm³/mol. The molecule has 0 aliphatic heterocycles. The first-order valence-corrected chi connectivity index (χ1v) is 23.6. The van der Waals surface area contributed by atoms with E-state index in [1.165, 1.54) is 73.3 Å². The number of thiophene rings is 2. The van der Waals surface area contributed by atoms with Crippen LogP contribution in [0.15, 0.2) is 237 Å². The van der Waals surface area contributed by atoms with E-state index in [-0.39, 0.29) is 0 Å². The van der Waals surface area contributed by atoms with E-state index in [2.05, 4.69) is 251 Å². The zero-order chi connectivity index (χ0) is 42.8. The van der Waals surface area contributed by atoms with E-state index in [9.17, 15) is 0 Å². The quantitative estimate of drug-likeness (QED) is 0.151. The molecule has 13 aromatic rings. The number of fused-ring (bicyclic) bond motifs is 9. The number of benzene rings is 10. The van der Waals surface area contributed by atoms with Crippen LogP contribution in [-0.4, -0.2) is 4.57 Å². The van der Waals surface area contributed by atoms with Gasteiger partial charge in [0.2, 0.25) is 0 Å². The van der Waals surface area contributed by atoms with Crippen molar-refractivity contribution in [1.82, 2.24) is 4.57 Å². The minimum absolute atomic E-state index is 1.09. The molecule has 13 rings (SSSR count). The maximum atomic E-state index is 2.47. The molecule has 3 nitrogen and oxygen atoms in total. The molecule has 0 amide bonds. The molecular weight excluding hydrogens is 827 g/mol. The Bertz CT molecular complexity index is 3860. The van der Waals surface area contributed by atoms with E-state index >= 15 is 0 Å². The highest BCUT2D eigenvalue weighted by Gasteiger charge is 2.22. The topological polar surface area (TPSA) is 11.4 Å². The van der Waals surface area contributed by atoms with Gasteiger partial charge in [-0.25, -0.2) is 0 Å². The van der Waals surface area contributed by atoms with Crippen LogP contribution in [0.4, 0.5) is 34.1 Å². The maximum absolute atomic E-state index is 2.47. The van der Waals surface area contributed by atoms with Gasteiger partial charge in [-0.2, -0.15) is 0 Å². The fraction of sp³-hybridized carbons (Fsp3) is 0. The Balaban J connectivity index is 0.987. The molecule has 0 spiro atoms. The molecule has 5 heteroatoms. The summed E-state index contributed by atoms with van der Waals surface area (Å²) in [6.45, 7) is 0. The zero-order valence-corrected chi connectivity index (χ0v) is 36.8. The number of hydrogen-bond acceptors (Lipinski definition) is 4. The SMILES string of the molecule is c1ccc(N(c2ccccc2)c2cccc(N(c3ccc4c(c3)sc3ccccc34)c3cccc4c3sc3ccc(-c5ccc6c7ccccc7n(-c7ccccc7)c6c5)cc34)c2)cc1. The fourth-order valence-electron chi connectivity index (χ4n) is 9.80. The van der Waals surface area contributed by atoms with Crippen molar-refractivity contribution >= 4 is 119 Å². The van der Waals surface area contributed by atoms with Crippen molar-refractivity contribution in [1.29, 1.82) is 0 Å². The molecule has 0 saturated heterocycles. The third-order valence-corrected chi connectivity index (χ3v) is 15.1. The summed E-state index contributed by atoms with van der Waals surface area (Å²) in [7, 11) is 0. The predicted octanol–water partition coefficient (Wildman–Crippen LogP) is 18.1. The fourth-order valence-corrected chi connectivity index (χ4v) is 12.1. The summed E-state index contributed by atoms with van der Waals surface area (Å²) >= 11 is 3.73. The third-order valence-electron chi connectivity index (χ3n) is 12.7. The molecule has 0 atom stereocenters. The van der Waals surface area contributed by atoms with Gasteiger partial charge in [0.25, 0.3) is 0 Å². The first kappa shape index (κ1) is 37.6. The van der Waals surface area contributed by atoms with Crippen LogP contribution in [0.3, 0.4) is 0 Å². The molecule has 0 bridgehead atoms. The molecule has 0 aliphatic rings. The average Bonchev–Trinajstić information content (AvgIpc) is 4.04. The minimum atomic E-state index is 1.09. The van der Waals surface area contributed by atoms with Crippen LogP contribution in [0.5, 0.6) is 0 Å². The van der Waals surface area contributed by atoms with E-state index in [1.807, 2.05) is 22.7 Å². The standard InChI is InChI=1S/C60H39N3S2/c1-4-16-42(17-5-1)61(43-18-6-2-7-19-43)45-22-14-23-46(38-45)62(47-32-34-51-50-25-11-13-29-57(50)64-59(51)39-47)55-28-15-26-52-53-36-40(31-35-58(53)65-60(52)55)41-30-33-49-48-24-10-12-27-54(48)63(56(49)37-41)44-20-8-3-9-21-44/h1-39H. The van der Waals surface area contributed by atoms with E-state index in [0.717, 1.165) is 39.8 Å². The van der Waals surface area contributed by atoms with Gasteiger partial charge >= 0.3 is 0 Å². The van der Waals surface area contributed by atoms with Gasteiger partial charge in [-0.15, -0.1) is 22.7 Å². The Labute approximate surface area is 384 Å². The van der Waals surface area contributed by atoms with Crippen molar-refractivity contribution in [2.75, 3.05) is 9.80 Å². The van der Waals surface area contributed by atoms with Crippen molar-refractivity contribution in [2.24, 2.45) is 0 Å². The second-order valence-corrected chi connectivity index (χ2v) is 18.7. The lowest BCUT2D eigenvalue weighted by Crippen LogP contribution is -2.13. The van der Waals surface area contributed by atoms with Crippen LogP contribution in [0.25, 0.3) is 79.0 Å². The summed E-state index contributed by atoms with van der Waals surface area (Å²) in [5.74, 6) is 0. The number of rotatable bonds is 8. The average molecular weight is 866 g/mol. The highest BCUT2D eigenvalue weighted by molar-refractivity contribution is 7.26. The lowest BCUT2D eigenvalue weighted by molar-refractivity contribution is 1.18. The molecule has 65 heavy (non-hydrogen) atoms. The number of aromatic nitrogens is 1. The van der Waals surface area contributed by atoms with Gasteiger partial charge in [0, 0.05) is 80.5 Å². The van der Waals surface area contributed by atoms with Crippen LogP contribution in [0, 0.1) is 0 Å². The zero-order valence-electron chi connectivity index (χ0n) is 35.2. The summed E-state index contributed by atoms with van der Waals surface area (Å²) < 4.78 is 7.50. The van der Waals surface area contributed by atoms with E-state index in [0.29, 0.717) is 0 Å². The Morgan fingerprint density at radius 3 is 1.65 bits per heavy atom. The summed E-state index contributed by atoms with van der Waals surface area (Å²) in [5, 5.41) is 7.63. The Kier molecular flexibility index (Phi) is 8.90. The van der Waals surface area contributed by atoms with Gasteiger partial charge in [0.1, 0.15) is 0 Å². The molecule has 0 N–H and O–H groups in total. The minimum Gasteiger partial charge on any atom is -0.310 e. The highest BCUT2D eigenvalue weighted by Crippen LogP contribution is 2.48. The monoisotopic (exact) mass is 865 g/mol. The van der Waals surface area contributed by atoms with E-state index in [4.69, 9.17) is 0 Å². The molecule has 10 aromatic carbocycles. The number of para-hydroxylation sites is 4. The van der Waals surface area contributed by atoms with Crippen molar-refractivity contribution in [3.63, 3.8) is 0 Å². The van der Waals surface area contributed by atoms with Crippen LogP contribution in [-0.2, 0) is 0 Å². The van der Waals surface area contributed by atoms with Crippen molar-refractivity contribution in [3.8, 4) is 16.8 Å². The van der Waals surface area contributed by atoms with E-state index < -0.39 is 0 Å². The van der Waals surface area contributed by atoms with Crippen LogP contribution in [0.1, 0.15) is 0 Å². The smallest absolute Gasteiger partial charge is 0.0640 e. The molecule has 0 saturated carbocycles. The van der Waals surface area contributed by atoms with Crippen LogP contribution < -0.4 is 9.80 Å². The number of anilines is 6. The third kappa shape index (κ3) is 6.31. The number of nitrogens with zero attached hydrogens (tertiary/aromatic N) is 3. The molecule has 0 aliphatic carbocycles. The molecule has 306 valence electrons. The highest BCUT2D eigenvalue weighted by atomic mass is 32.1. The first-order valence-electron chi connectivity index (χ1n) is 22.0. The van der Waals surface area contributed by atoms with Gasteiger partial charge in [0.05, 0.1) is 21.4 Å². The maximum Gasteiger partial charge on any atom is 0.0640 e. The van der Waals surface area contributed by atoms with Crippen molar-refractivity contribution in [2.45, 2.75) is 0 Å². The second kappa shape index (κ2) is 15.4. The summed E-state index contributed by atoms with van der Waals surface area (Å²) in [6.07, 6.45) is 0. The Morgan fingerprint density at radius 2 is 0.846 bits per heavy atom. The van der Waals surface area contributed by atoms with Crippen molar-refractivity contribution in [3.05, 3.63) is 237 Å². The summed E-state index contributed by atoms with van der Waals surface area (Å²) in [5.41, 5.74) is 12.7. The largest absolute Gasteiger partial charge is 0.310 e. The van der Waals surface area contributed by atoms with Gasteiger partial charge in [-0.05, 0) is 114 Å². The lowest BCUT2D eigenvalue weighted by Gasteiger charge is -2.29. The molecule has 3 heterocycles.